The molecule has 2 aromatic heterocycles. The molecule has 2 rings (SSSR count). The Morgan fingerprint density at radius 3 is 2.87 bits per heavy atom. The van der Waals surface area contributed by atoms with Gasteiger partial charge in [-0.2, -0.15) is 4.98 Å². The van der Waals surface area contributed by atoms with Crippen LogP contribution in [0.25, 0.3) is 11.5 Å². The van der Waals surface area contributed by atoms with Crippen molar-refractivity contribution in [1.82, 2.24) is 15.1 Å². The Kier molecular flexibility index (Phi) is 2.13. The molecule has 0 amide bonds. The van der Waals surface area contributed by atoms with Crippen LogP contribution in [0, 0.1) is 5.82 Å². The van der Waals surface area contributed by atoms with E-state index < -0.39 is 17.6 Å². The van der Waals surface area contributed by atoms with Crippen molar-refractivity contribution in [3.8, 4) is 11.5 Å². The summed E-state index contributed by atoms with van der Waals surface area (Å²) in [4.78, 5) is 17.5. The minimum absolute atomic E-state index is 0.0839. The Morgan fingerprint density at radius 1 is 1.47 bits per heavy atom. The average Bonchev–Trinajstić information content (AvgIpc) is 2.66. The summed E-state index contributed by atoms with van der Waals surface area (Å²) >= 11 is 0. The van der Waals surface area contributed by atoms with Crippen molar-refractivity contribution in [3.63, 3.8) is 0 Å². The van der Waals surface area contributed by atoms with Crippen LogP contribution in [0.4, 0.5) is 4.39 Å². The van der Waals surface area contributed by atoms with Gasteiger partial charge in [-0.3, -0.25) is 4.98 Å². The first-order valence-electron chi connectivity index (χ1n) is 3.85. The van der Waals surface area contributed by atoms with Crippen molar-refractivity contribution >= 4 is 5.97 Å². The predicted molar refractivity (Wildman–Crippen MR) is 44.4 cm³/mol. The van der Waals surface area contributed by atoms with E-state index in [4.69, 9.17) is 5.11 Å². The lowest BCUT2D eigenvalue weighted by Crippen LogP contribution is -1.98. The number of nitrogens with zero attached hydrogens (tertiary/aromatic N) is 3. The van der Waals surface area contributed by atoms with Crippen molar-refractivity contribution < 1.29 is 18.8 Å². The number of aromatic carboxylic acids is 1. The van der Waals surface area contributed by atoms with Gasteiger partial charge in [0.25, 0.3) is 11.7 Å². The van der Waals surface area contributed by atoms with Gasteiger partial charge in [-0.15, -0.1) is 0 Å². The minimum Gasteiger partial charge on any atom is -0.475 e. The summed E-state index contributed by atoms with van der Waals surface area (Å²) in [5.41, 5.74) is 0.231. The van der Waals surface area contributed by atoms with Crippen LogP contribution in [-0.4, -0.2) is 26.2 Å². The molecule has 0 bridgehead atoms. The van der Waals surface area contributed by atoms with Crippen molar-refractivity contribution in [2.75, 3.05) is 0 Å². The van der Waals surface area contributed by atoms with E-state index in [-0.39, 0.29) is 11.5 Å². The van der Waals surface area contributed by atoms with Gasteiger partial charge < -0.3 is 9.63 Å². The molecule has 0 fully saturated rings. The Morgan fingerprint density at radius 2 is 2.27 bits per heavy atom. The van der Waals surface area contributed by atoms with E-state index in [1.54, 1.807) is 0 Å². The molecule has 2 aromatic rings. The Balaban J connectivity index is 2.41. The third-order valence-corrected chi connectivity index (χ3v) is 1.57. The topological polar surface area (TPSA) is 89.1 Å². The third-order valence-electron chi connectivity index (χ3n) is 1.57. The molecular formula is C8H4FN3O3. The first kappa shape index (κ1) is 9.25. The summed E-state index contributed by atoms with van der Waals surface area (Å²) in [5, 5.41) is 11.7. The van der Waals surface area contributed by atoms with Gasteiger partial charge in [0.2, 0.25) is 0 Å². The highest BCUT2D eigenvalue weighted by molar-refractivity contribution is 5.83. The molecule has 0 aliphatic heterocycles. The number of hydrogen-bond donors (Lipinski definition) is 1. The number of hydrogen-bond acceptors (Lipinski definition) is 5. The molecule has 6 nitrogen and oxygen atoms in total. The maximum absolute atomic E-state index is 12.7. The Labute approximate surface area is 82.4 Å². The number of rotatable bonds is 2. The summed E-state index contributed by atoms with van der Waals surface area (Å²) in [5.74, 6) is -2.44. The molecule has 1 N–H and O–H groups in total. The molecule has 0 radical (unpaired) electrons. The Hall–Kier alpha value is -2.31. The average molecular weight is 209 g/mol. The van der Waals surface area contributed by atoms with Gasteiger partial charge in [0.15, 0.2) is 0 Å². The molecule has 0 aliphatic carbocycles. The van der Waals surface area contributed by atoms with Gasteiger partial charge >= 0.3 is 5.97 Å². The van der Waals surface area contributed by atoms with E-state index in [0.717, 1.165) is 12.3 Å². The fourth-order valence-corrected chi connectivity index (χ4v) is 0.956. The van der Waals surface area contributed by atoms with Crippen LogP contribution in [0.2, 0.25) is 0 Å². The van der Waals surface area contributed by atoms with Crippen molar-refractivity contribution in [2.45, 2.75) is 0 Å². The van der Waals surface area contributed by atoms with Gasteiger partial charge in [-0.1, -0.05) is 0 Å². The molecule has 0 unspecified atom stereocenters. The van der Waals surface area contributed by atoms with Crippen LogP contribution in [0.15, 0.2) is 23.0 Å². The van der Waals surface area contributed by atoms with E-state index >= 15 is 0 Å². The number of carbonyl (C=O) groups is 1. The maximum atomic E-state index is 12.7. The van der Waals surface area contributed by atoms with Gasteiger partial charge in [-0.25, -0.2) is 9.18 Å². The lowest BCUT2D eigenvalue weighted by molar-refractivity contribution is 0.0680. The monoisotopic (exact) mass is 209 g/mol. The predicted octanol–water partition coefficient (Wildman–Crippen LogP) is 0.969. The summed E-state index contributed by atoms with van der Waals surface area (Å²) < 4.78 is 17.4. The number of halogens is 1. The smallest absolute Gasteiger partial charge is 0.377 e. The van der Waals surface area contributed by atoms with E-state index in [2.05, 4.69) is 19.6 Å². The van der Waals surface area contributed by atoms with Gasteiger partial charge in [0.1, 0.15) is 5.82 Å². The summed E-state index contributed by atoms with van der Waals surface area (Å²) in [6, 6.07) is 1.12. The number of carboxylic acid groups (broad SMARTS) is 1. The minimum atomic E-state index is -1.31. The quantitative estimate of drug-likeness (QED) is 0.792. The molecule has 0 saturated heterocycles. The highest BCUT2D eigenvalue weighted by Crippen LogP contribution is 2.16. The first-order chi connectivity index (χ1) is 7.16. The summed E-state index contributed by atoms with van der Waals surface area (Å²) in [6.07, 6.45) is 2.31. The molecule has 0 aromatic carbocycles. The zero-order valence-electron chi connectivity index (χ0n) is 7.22. The highest BCUT2D eigenvalue weighted by atomic mass is 19.1. The van der Waals surface area contributed by atoms with E-state index in [0.29, 0.717) is 0 Å². The van der Waals surface area contributed by atoms with Crippen LogP contribution < -0.4 is 0 Å². The summed E-state index contributed by atoms with van der Waals surface area (Å²) in [6.45, 7) is 0. The van der Waals surface area contributed by atoms with Crippen molar-refractivity contribution in [1.29, 1.82) is 0 Å². The molecule has 15 heavy (non-hydrogen) atoms. The summed E-state index contributed by atoms with van der Waals surface area (Å²) in [7, 11) is 0. The molecule has 0 atom stereocenters. The first-order valence-corrected chi connectivity index (χ1v) is 3.85. The molecule has 76 valence electrons. The lowest BCUT2D eigenvalue weighted by atomic mass is 10.3. The van der Waals surface area contributed by atoms with Gasteiger partial charge in [0.05, 0.1) is 11.8 Å². The van der Waals surface area contributed by atoms with Gasteiger partial charge in [-0.05, 0) is 11.2 Å². The largest absolute Gasteiger partial charge is 0.475 e. The number of carboxylic acids is 1. The molecule has 0 aliphatic rings. The second kappa shape index (κ2) is 3.45. The Bertz CT molecular complexity index is 511. The normalized spacial score (nSPS) is 10.2. The van der Waals surface area contributed by atoms with E-state index in [9.17, 15) is 9.18 Å². The van der Waals surface area contributed by atoms with Crippen LogP contribution in [0.3, 0.4) is 0 Å². The van der Waals surface area contributed by atoms with Crippen LogP contribution >= 0.6 is 0 Å². The van der Waals surface area contributed by atoms with Gasteiger partial charge in [0, 0.05) is 6.20 Å². The molecular weight excluding hydrogens is 205 g/mol. The second-order valence-electron chi connectivity index (χ2n) is 2.62. The van der Waals surface area contributed by atoms with Crippen molar-refractivity contribution in [3.05, 3.63) is 30.1 Å². The number of aromatic nitrogens is 3. The third kappa shape index (κ3) is 1.80. The maximum Gasteiger partial charge on any atom is 0.377 e. The standard InChI is InChI=1S/C8H4FN3O3/c9-5-1-4(2-10-3-5)7-11-6(8(13)14)12-15-7/h1-3H,(H,13,14). The van der Waals surface area contributed by atoms with Crippen molar-refractivity contribution in [2.24, 2.45) is 0 Å². The van der Waals surface area contributed by atoms with E-state index in [1.165, 1.54) is 6.20 Å². The fraction of sp³-hybridized carbons (Fsp3) is 0. The molecule has 0 spiro atoms. The lowest BCUT2D eigenvalue weighted by Gasteiger charge is -1.91. The zero-order valence-corrected chi connectivity index (χ0v) is 7.22. The number of pyridine rings is 1. The van der Waals surface area contributed by atoms with Crippen LogP contribution in [0.5, 0.6) is 0 Å². The molecule has 7 heteroatoms. The van der Waals surface area contributed by atoms with Crippen LogP contribution in [0.1, 0.15) is 10.6 Å². The molecule has 0 saturated carbocycles. The highest BCUT2D eigenvalue weighted by Gasteiger charge is 2.14. The second-order valence-corrected chi connectivity index (χ2v) is 2.62. The zero-order chi connectivity index (χ0) is 10.8. The molecule has 2 heterocycles. The fourth-order valence-electron chi connectivity index (χ4n) is 0.956. The van der Waals surface area contributed by atoms with Crippen LogP contribution in [-0.2, 0) is 0 Å². The van der Waals surface area contributed by atoms with E-state index in [1.807, 2.05) is 0 Å². The SMILES string of the molecule is O=C(O)c1noc(-c2cncc(F)c2)n1.